The SMILES string of the molecule is C1=CNC(c2nc3c(nc2-c2ccc4c5c(c6ccc(-c7ccccc7)cc6c4c2)NC2C=CC=CN52)C2C=CC=CC2C=C3)C=C1. The van der Waals surface area contributed by atoms with Crippen LogP contribution in [0.1, 0.15) is 29.0 Å². The van der Waals surface area contributed by atoms with Crippen LogP contribution < -0.4 is 15.5 Å². The van der Waals surface area contributed by atoms with Gasteiger partial charge >= 0.3 is 0 Å². The molecule has 0 saturated heterocycles. The first kappa shape index (κ1) is 26.3. The maximum atomic E-state index is 5.49. The van der Waals surface area contributed by atoms with Crippen molar-refractivity contribution in [1.82, 2.24) is 15.3 Å². The fourth-order valence-electron chi connectivity index (χ4n) is 7.74. The molecule has 0 fully saturated rings. The van der Waals surface area contributed by atoms with Crippen LogP contribution in [0.3, 0.4) is 0 Å². The summed E-state index contributed by atoms with van der Waals surface area (Å²) < 4.78 is 0. The second-order valence-electron chi connectivity index (χ2n) is 12.7. The summed E-state index contributed by atoms with van der Waals surface area (Å²) in [5.74, 6) is 0.470. The van der Waals surface area contributed by atoms with Crippen LogP contribution in [0, 0.1) is 5.92 Å². The van der Waals surface area contributed by atoms with Gasteiger partial charge in [-0.3, -0.25) is 0 Å². The average Bonchev–Trinajstić information content (AvgIpc) is 3.55. The van der Waals surface area contributed by atoms with Crippen LogP contribution in [0.2, 0.25) is 0 Å². The van der Waals surface area contributed by atoms with Crippen molar-refractivity contribution in [2.45, 2.75) is 18.1 Å². The van der Waals surface area contributed by atoms with E-state index < -0.39 is 0 Å². The maximum Gasteiger partial charge on any atom is 0.123 e. The molecule has 5 heteroatoms. The topological polar surface area (TPSA) is 53.1 Å². The number of hydrogen-bond donors (Lipinski definition) is 2. The fraction of sp³-hybridized carbons (Fsp3) is 0.0952. The largest absolute Gasteiger partial charge is 0.379 e. The van der Waals surface area contributed by atoms with Crippen LogP contribution in [0.25, 0.3) is 50.0 Å². The van der Waals surface area contributed by atoms with Gasteiger partial charge in [0.25, 0.3) is 0 Å². The van der Waals surface area contributed by atoms with Crippen molar-refractivity contribution in [2.75, 3.05) is 10.2 Å². The molecular weight excluding hydrogens is 574 g/mol. The highest BCUT2D eigenvalue weighted by Gasteiger charge is 2.32. The zero-order valence-electron chi connectivity index (χ0n) is 25.6. The summed E-state index contributed by atoms with van der Waals surface area (Å²) in [6.07, 6.45) is 30.2. The Balaban J connectivity index is 1.24. The summed E-state index contributed by atoms with van der Waals surface area (Å²) in [5, 5.41) is 12.2. The number of dihydropyridines is 1. The zero-order chi connectivity index (χ0) is 30.9. The van der Waals surface area contributed by atoms with E-state index in [4.69, 9.17) is 9.97 Å². The minimum absolute atomic E-state index is 0.0758. The predicted molar refractivity (Wildman–Crippen MR) is 194 cm³/mol. The lowest BCUT2D eigenvalue weighted by Crippen LogP contribution is -2.30. The molecule has 0 spiro atoms. The van der Waals surface area contributed by atoms with Gasteiger partial charge in [0, 0.05) is 34.4 Å². The Labute approximate surface area is 273 Å². The molecule has 1 aromatic heterocycles. The molecule has 47 heavy (non-hydrogen) atoms. The van der Waals surface area contributed by atoms with Gasteiger partial charge in [-0.2, -0.15) is 0 Å². The van der Waals surface area contributed by atoms with Crippen molar-refractivity contribution >= 4 is 39.0 Å². The molecule has 0 amide bonds. The number of anilines is 2. The van der Waals surface area contributed by atoms with E-state index in [-0.39, 0.29) is 18.1 Å². The Kier molecular flexibility index (Phi) is 5.76. The van der Waals surface area contributed by atoms with Crippen molar-refractivity contribution < 1.29 is 0 Å². The lowest BCUT2D eigenvalue weighted by molar-refractivity contribution is 0.653. The Bertz CT molecular complexity index is 2340. The van der Waals surface area contributed by atoms with Gasteiger partial charge in [0.15, 0.2) is 0 Å². The van der Waals surface area contributed by atoms with E-state index in [1.807, 2.05) is 12.3 Å². The van der Waals surface area contributed by atoms with E-state index in [1.165, 1.54) is 44.0 Å². The lowest BCUT2D eigenvalue weighted by atomic mass is 9.81. The first-order valence-electron chi connectivity index (χ1n) is 16.3. The predicted octanol–water partition coefficient (Wildman–Crippen LogP) is 9.33. The summed E-state index contributed by atoms with van der Waals surface area (Å²) in [6.45, 7) is 0. The van der Waals surface area contributed by atoms with Crippen molar-refractivity contribution in [1.29, 1.82) is 0 Å². The third-order valence-electron chi connectivity index (χ3n) is 10.0. The zero-order valence-corrected chi connectivity index (χ0v) is 25.6. The van der Waals surface area contributed by atoms with Gasteiger partial charge in [-0.15, -0.1) is 0 Å². The number of rotatable bonds is 3. The monoisotopic (exact) mass is 605 g/mol. The minimum Gasteiger partial charge on any atom is -0.379 e. The van der Waals surface area contributed by atoms with Gasteiger partial charge in [0.1, 0.15) is 6.17 Å². The molecule has 10 rings (SSSR count). The van der Waals surface area contributed by atoms with Crippen LogP contribution in [-0.4, -0.2) is 16.1 Å². The van der Waals surface area contributed by atoms with Crippen molar-refractivity contribution in [3.05, 3.63) is 163 Å². The summed E-state index contributed by atoms with van der Waals surface area (Å²) in [7, 11) is 0. The minimum atomic E-state index is -0.0758. The number of nitrogens with one attached hydrogen (secondary N) is 2. The van der Waals surface area contributed by atoms with Gasteiger partial charge in [-0.25, -0.2) is 9.97 Å². The van der Waals surface area contributed by atoms with Gasteiger partial charge in [-0.1, -0.05) is 103 Å². The molecule has 3 aliphatic heterocycles. The summed E-state index contributed by atoms with van der Waals surface area (Å²) in [6, 6.07) is 24.3. The first-order chi connectivity index (χ1) is 23.3. The molecule has 4 atom stereocenters. The van der Waals surface area contributed by atoms with E-state index in [0.717, 1.165) is 28.3 Å². The van der Waals surface area contributed by atoms with E-state index in [2.05, 4.69) is 155 Å². The van der Waals surface area contributed by atoms with Crippen LogP contribution in [-0.2, 0) is 0 Å². The van der Waals surface area contributed by atoms with Crippen molar-refractivity contribution in [3.8, 4) is 22.4 Å². The highest BCUT2D eigenvalue weighted by atomic mass is 15.3. The van der Waals surface area contributed by atoms with Crippen LogP contribution in [0.15, 0.2) is 146 Å². The standard InChI is InChI=1S/C42H31N5/c1-2-10-26(11-3-1)28-16-19-31-33(24-28)34-25-29(17-20-32(34)42-40(31)45-37-15-7-9-23-47(37)42)38-41(35-14-6-8-22-43-35)44-36-21-18-27-12-4-5-13-30(27)39(36)46-38/h1-25,27,30,35,37,43,45H. The van der Waals surface area contributed by atoms with Gasteiger partial charge in [0.2, 0.25) is 0 Å². The Morgan fingerprint density at radius 2 is 1.43 bits per heavy atom. The Morgan fingerprint density at radius 3 is 2.34 bits per heavy atom. The van der Waals surface area contributed by atoms with Gasteiger partial charge in [0.05, 0.1) is 40.2 Å². The molecule has 5 nitrogen and oxygen atoms in total. The number of hydrogen-bond acceptors (Lipinski definition) is 5. The number of benzene rings is 4. The molecular formula is C42H31N5. The van der Waals surface area contributed by atoms with E-state index in [9.17, 15) is 0 Å². The number of allylic oxidation sites excluding steroid dienone is 9. The molecule has 2 aliphatic carbocycles. The third kappa shape index (κ3) is 4.09. The molecule has 224 valence electrons. The fourth-order valence-corrected chi connectivity index (χ4v) is 7.74. The molecule has 4 unspecified atom stereocenters. The lowest BCUT2D eigenvalue weighted by Gasteiger charge is -2.28. The number of nitrogens with zero attached hydrogens (tertiary/aromatic N) is 3. The van der Waals surface area contributed by atoms with Crippen molar-refractivity contribution in [3.63, 3.8) is 0 Å². The van der Waals surface area contributed by atoms with E-state index in [0.29, 0.717) is 5.92 Å². The maximum absolute atomic E-state index is 5.49. The third-order valence-corrected chi connectivity index (χ3v) is 10.0. The summed E-state index contributed by atoms with van der Waals surface area (Å²) >= 11 is 0. The molecule has 4 aromatic carbocycles. The first-order valence-corrected chi connectivity index (χ1v) is 16.3. The second kappa shape index (κ2) is 10.3. The molecule has 2 N–H and O–H groups in total. The molecule has 4 heterocycles. The molecule has 0 saturated carbocycles. The van der Waals surface area contributed by atoms with Crippen LogP contribution >= 0.6 is 0 Å². The van der Waals surface area contributed by atoms with Crippen molar-refractivity contribution in [2.24, 2.45) is 5.92 Å². The van der Waals surface area contributed by atoms with Crippen LogP contribution in [0.5, 0.6) is 0 Å². The van der Waals surface area contributed by atoms with Crippen LogP contribution in [0.4, 0.5) is 11.4 Å². The summed E-state index contributed by atoms with van der Waals surface area (Å²) in [5.41, 5.74) is 9.70. The van der Waals surface area contributed by atoms with E-state index >= 15 is 0 Å². The molecule has 0 bridgehead atoms. The quantitative estimate of drug-likeness (QED) is 0.201. The number of fused-ring (bicyclic) bond motifs is 11. The highest BCUT2D eigenvalue weighted by Crippen LogP contribution is 2.49. The second-order valence-corrected chi connectivity index (χ2v) is 12.7. The molecule has 0 radical (unpaired) electrons. The van der Waals surface area contributed by atoms with E-state index in [1.54, 1.807) is 0 Å². The Morgan fingerprint density at radius 1 is 0.617 bits per heavy atom. The summed E-state index contributed by atoms with van der Waals surface area (Å²) in [4.78, 5) is 13.2. The smallest absolute Gasteiger partial charge is 0.123 e. The van der Waals surface area contributed by atoms with Gasteiger partial charge < -0.3 is 15.5 Å². The Hall–Kier alpha value is -5.94. The molecule has 5 aliphatic rings. The van der Waals surface area contributed by atoms with Gasteiger partial charge in [-0.05, 0) is 64.5 Å². The average molecular weight is 606 g/mol. The number of aromatic nitrogens is 2. The molecule has 5 aromatic rings. The normalized spacial score (nSPS) is 22.6. The highest BCUT2D eigenvalue weighted by molar-refractivity contribution is 6.23.